The van der Waals surface area contributed by atoms with E-state index in [0.29, 0.717) is 0 Å². The maximum absolute atomic E-state index is 12.8. The van der Waals surface area contributed by atoms with Crippen molar-refractivity contribution in [1.29, 1.82) is 0 Å². The highest BCUT2D eigenvalue weighted by atomic mass is 19.4. The molecule has 0 unspecified atom stereocenters. The summed E-state index contributed by atoms with van der Waals surface area (Å²) in [7, 11) is 0. The van der Waals surface area contributed by atoms with Gasteiger partial charge in [0, 0.05) is 0 Å². The minimum atomic E-state index is -7.83. The third-order valence-electron chi connectivity index (χ3n) is 2.30. The molecule has 0 rings (SSSR count). The Morgan fingerprint density at radius 1 is 0.583 bits per heavy atom. The van der Waals surface area contributed by atoms with E-state index < -0.39 is 49.0 Å². The van der Waals surface area contributed by atoms with Gasteiger partial charge in [-0.3, -0.25) is 0 Å². The van der Waals surface area contributed by atoms with Gasteiger partial charge in [-0.25, -0.2) is 8.78 Å². The molecule has 0 saturated heterocycles. The van der Waals surface area contributed by atoms with Crippen LogP contribution in [0.2, 0.25) is 0 Å². The van der Waals surface area contributed by atoms with Gasteiger partial charge >= 0.3 is 42.4 Å². The lowest BCUT2D eigenvalue weighted by Crippen LogP contribution is -2.67. The van der Waals surface area contributed by atoms with Crippen molar-refractivity contribution in [2.45, 2.75) is 42.4 Å². The first-order valence-corrected chi connectivity index (χ1v) is 5.03. The Morgan fingerprint density at radius 3 is 1.25 bits per heavy atom. The molecule has 0 saturated carbocycles. The fourth-order valence-corrected chi connectivity index (χ4v) is 0.945. The Morgan fingerprint density at radius 2 is 0.958 bits per heavy atom. The van der Waals surface area contributed by atoms with Crippen LogP contribution in [-0.2, 0) is 4.74 Å². The lowest BCUT2D eigenvalue weighted by molar-refractivity contribution is -0.430. The van der Waals surface area contributed by atoms with E-state index in [1.165, 1.54) is 0 Å². The first kappa shape index (κ1) is 22.9. The molecule has 16 heteroatoms. The van der Waals surface area contributed by atoms with Gasteiger partial charge < -0.3 is 4.74 Å². The summed E-state index contributed by atoms with van der Waals surface area (Å²) >= 11 is 0. The van der Waals surface area contributed by atoms with E-state index in [1.807, 2.05) is 0 Å². The second-order valence-electron chi connectivity index (χ2n) is 4.08. The summed E-state index contributed by atoms with van der Waals surface area (Å²) in [6.07, 6.45) is -18.2. The van der Waals surface area contributed by atoms with E-state index in [2.05, 4.69) is 4.74 Å². The zero-order valence-electron chi connectivity index (χ0n) is 10.4. The van der Waals surface area contributed by atoms with Gasteiger partial charge in [0.2, 0.25) is 0 Å². The number of hydrogen-bond acceptors (Lipinski definition) is 1. The molecule has 24 heavy (non-hydrogen) atoms. The zero-order chi connectivity index (χ0) is 20.0. The molecule has 0 amide bonds. The molecule has 0 radical (unpaired) electrons. The summed E-state index contributed by atoms with van der Waals surface area (Å²) in [5, 5.41) is 0. The average Bonchev–Trinajstić information content (AvgIpc) is 2.34. The standard InChI is InChI=1S/C8H3F15O/c9-2(10)4(13,14)24-1-3(11,12)5(15,16)6(17,18)7(19,20)8(21,22)23/h2H,1H2. The maximum Gasteiger partial charge on any atom is 0.460 e. The predicted octanol–water partition coefficient (Wildman–Crippen LogP) is 4.96. The van der Waals surface area contributed by atoms with Crippen molar-refractivity contribution in [3.05, 3.63) is 0 Å². The van der Waals surface area contributed by atoms with Gasteiger partial charge in [-0.1, -0.05) is 0 Å². The minimum Gasteiger partial charge on any atom is -0.309 e. The van der Waals surface area contributed by atoms with Crippen LogP contribution < -0.4 is 0 Å². The van der Waals surface area contributed by atoms with Crippen LogP contribution in [0.5, 0.6) is 0 Å². The third-order valence-corrected chi connectivity index (χ3v) is 2.30. The Balaban J connectivity index is 5.70. The molecule has 146 valence electrons. The molecule has 0 fully saturated rings. The van der Waals surface area contributed by atoms with Gasteiger partial charge in [0.1, 0.15) is 6.61 Å². The van der Waals surface area contributed by atoms with Gasteiger partial charge in [0.15, 0.2) is 0 Å². The Hall–Kier alpha value is -1.09. The molecule has 0 spiro atoms. The highest BCUT2D eigenvalue weighted by molar-refractivity contribution is 5.06. The summed E-state index contributed by atoms with van der Waals surface area (Å²) in [4.78, 5) is 0. The molecule has 0 aliphatic rings. The topological polar surface area (TPSA) is 9.23 Å². The molecule has 1 nitrogen and oxygen atoms in total. The van der Waals surface area contributed by atoms with E-state index in [9.17, 15) is 65.9 Å². The van der Waals surface area contributed by atoms with E-state index in [1.54, 1.807) is 0 Å². The van der Waals surface area contributed by atoms with E-state index in [0.717, 1.165) is 0 Å². The van der Waals surface area contributed by atoms with Crippen molar-refractivity contribution < 1.29 is 70.6 Å². The van der Waals surface area contributed by atoms with E-state index >= 15 is 0 Å². The van der Waals surface area contributed by atoms with Crippen molar-refractivity contribution in [3.8, 4) is 0 Å². The van der Waals surface area contributed by atoms with Gasteiger partial charge in [-0.15, -0.1) is 0 Å². The quantitative estimate of drug-likeness (QED) is 0.549. The van der Waals surface area contributed by atoms with Crippen molar-refractivity contribution in [2.24, 2.45) is 0 Å². The molecule has 0 bridgehead atoms. The molecule has 0 aliphatic carbocycles. The van der Waals surface area contributed by atoms with Crippen molar-refractivity contribution in [2.75, 3.05) is 6.61 Å². The fraction of sp³-hybridized carbons (Fsp3) is 1.00. The monoisotopic (exact) mass is 400 g/mol. The lowest BCUT2D eigenvalue weighted by Gasteiger charge is -2.37. The number of rotatable bonds is 7. The zero-order valence-corrected chi connectivity index (χ0v) is 10.4. The maximum atomic E-state index is 12.8. The molecule has 0 heterocycles. The molecular formula is C8H3F15O. The van der Waals surface area contributed by atoms with Crippen molar-refractivity contribution in [1.82, 2.24) is 0 Å². The first-order valence-electron chi connectivity index (χ1n) is 5.03. The SMILES string of the molecule is FC(F)C(F)(F)OCC(F)(F)C(F)(F)C(F)(F)C(F)(F)C(F)(F)F. The molecule has 0 aliphatic heterocycles. The number of ether oxygens (including phenoxy) is 1. The van der Waals surface area contributed by atoms with E-state index in [4.69, 9.17) is 0 Å². The van der Waals surface area contributed by atoms with Crippen LogP contribution in [0.3, 0.4) is 0 Å². The fourth-order valence-electron chi connectivity index (χ4n) is 0.945. The van der Waals surface area contributed by atoms with E-state index in [-0.39, 0.29) is 0 Å². The van der Waals surface area contributed by atoms with Crippen LogP contribution in [0.4, 0.5) is 65.9 Å². The van der Waals surface area contributed by atoms with Gasteiger partial charge in [0.05, 0.1) is 0 Å². The van der Waals surface area contributed by atoms with Crippen LogP contribution in [0.25, 0.3) is 0 Å². The highest BCUT2D eigenvalue weighted by Gasteiger charge is 2.87. The Labute approximate surface area is 121 Å². The molecule has 0 aromatic carbocycles. The second kappa shape index (κ2) is 6.01. The summed E-state index contributed by atoms with van der Waals surface area (Å²) in [5.41, 5.74) is 0. The van der Waals surface area contributed by atoms with Gasteiger partial charge in [-0.05, 0) is 0 Å². The lowest BCUT2D eigenvalue weighted by atomic mass is 9.98. The molecule has 0 N–H and O–H groups in total. The van der Waals surface area contributed by atoms with Crippen molar-refractivity contribution >= 4 is 0 Å². The summed E-state index contributed by atoms with van der Waals surface area (Å²) < 4.78 is 186. The number of halogens is 15. The molecule has 0 aromatic heterocycles. The summed E-state index contributed by atoms with van der Waals surface area (Å²) in [6, 6.07) is 0. The molecule has 0 aromatic rings. The van der Waals surface area contributed by atoms with Crippen LogP contribution in [-0.4, -0.2) is 49.0 Å². The number of hydrogen-bond donors (Lipinski definition) is 0. The smallest absolute Gasteiger partial charge is 0.309 e. The van der Waals surface area contributed by atoms with Gasteiger partial charge in [0.25, 0.3) is 0 Å². The van der Waals surface area contributed by atoms with Crippen LogP contribution in [0.15, 0.2) is 0 Å². The van der Waals surface area contributed by atoms with Gasteiger partial charge in [-0.2, -0.15) is 57.1 Å². The predicted molar refractivity (Wildman–Crippen MR) is 42.7 cm³/mol. The highest BCUT2D eigenvalue weighted by Crippen LogP contribution is 2.57. The Bertz CT molecular complexity index is 435. The number of alkyl halides is 15. The van der Waals surface area contributed by atoms with Crippen LogP contribution in [0.1, 0.15) is 0 Å². The molecular weight excluding hydrogens is 397 g/mol. The summed E-state index contributed by atoms with van der Waals surface area (Å²) in [5.74, 6) is -29.9. The van der Waals surface area contributed by atoms with Crippen LogP contribution >= 0.6 is 0 Å². The minimum absolute atomic E-state index is 2.26. The normalized spacial score (nSPS) is 16.0. The van der Waals surface area contributed by atoms with Crippen LogP contribution in [0, 0.1) is 0 Å². The largest absolute Gasteiger partial charge is 0.460 e. The Kier molecular flexibility index (Phi) is 5.74. The summed E-state index contributed by atoms with van der Waals surface area (Å²) in [6.45, 7) is -3.71. The van der Waals surface area contributed by atoms with Crippen molar-refractivity contribution in [3.63, 3.8) is 0 Å². The average molecular weight is 400 g/mol. The third kappa shape index (κ3) is 3.61. The molecule has 0 atom stereocenters. The first-order chi connectivity index (χ1) is 10.2. The second-order valence-corrected chi connectivity index (χ2v) is 4.08.